The molecule has 1 fully saturated rings. The number of aromatic hydroxyl groups is 1. The minimum Gasteiger partial charge on any atom is -0.508 e. The molecule has 0 saturated carbocycles. The van der Waals surface area contributed by atoms with Crippen molar-refractivity contribution in [2.24, 2.45) is 0 Å². The van der Waals surface area contributed by atoms with E-state index in [1.807, 2.05) is 44.2 Å². The van der Waals surface area contributed by atoms with E-state index >= 15 is 0 Å². The Hall–Kier alpha value is -3.08. The number of benzene rings is 2. The lowest BCUT2D eigenvalue weighted by Crippen LogP contribution is -2.59. The van der Waals surface area contributed by atoms with Crippen LogP contribution in [0.4, 0.5) is 0 Å². The molecule has 0 aliphatic carbocycles. The molecule has 200 valence electrons. The van der Waals surface area contributed by atoms with E-state index in [1.165, 1.54) is 22.7 Å². The van der Waals surface area contributed by atoms with Gasteiger partial charge in [0.1, 0.15) is 11.8 Å². The van der Waals surface area contributed by atoms with Crippen LogP contribution in [-0.2, 0) is 16.0 Å². The number of likely N-dealkylation sites (N-methyl/N-ethyl adjacent to an activating group) is 1. The van der Waals surface area contributed by atoms with Gasteiger partial charge in [0.05, 0.1) is 11.9 Å². The van der Waals surface area contributed by atoms with Crippen LogP contribution in [0.2, 0.25) is 0 Å². The Balaban J connectivity index is 1.86. The van der Waals surface area contributed by atoms with E-state index in [9.17, 15) is 24.6 Å². The van der Waals surface area contributed by atoms with Crippen LogP contribution in [0.1, 0.15) is 35.3 Å². The number of phenolic OH excluding ortho intramolecular Hbond substituents is 1. The summed E-state index contributed by atoms with van der Waals surface area (Å²) in [6, 6.07) is 12.1. The molecule has 2 aromatic carbocycles. The first-order valence-electron chi connectivity index (χ1n) is 12.2. The third kappa shape index (κ3) is 6.82. The summed E-state index contributed by atoms with van der Waals surface area (Å²) in [7, 11) is 1.78. The van der Waals surface area contributed by atoms with Gasteiger partial charge in [-0.05, 0) is 51.9 Å². The number of carbonyl (C=O) groups excluding carboxylic acids is 3. The van der Waals surface area contributed by atoms with Gasteiger partial charge >= 0.3 is 0 Å². The van der Waals surface area contributed by atoms with Crippen molar-refractivity contribution in [2.75, 3.05) is 26.0 Å². The standard InChI is InChI=1S/C27H36N4O5S/c1-17-19(11-8-12-21(17)32)24(34)30-20(15-18-9-6-5-7-10-18)22(33)26(36)31-16-37-27(2,3)23(31)25(35)29-14-13-28-4/h5-12,20,22-23,28,32-33H,13-16H2,1-4H3,(H,29,35)(H,30,34)/t20-,22-,23?/m0/s1. The highest BCUT2D eigenvalue weighted by molar-refractivity contribution is 8.00. The molecule has 37 heavy (non-hydrogen) atoms. The highest BCUT2D eigenvalue weighted by Gasteiger charge is 2.49. The highest BCUT2D eigenvalue weighted by Crippen LogP contribution is 2.39. The predicted molar refractivity (Wildman–Crippen MR) is 144 cm³/mol. The van der Waals surface area contributed by atoms with Crippen LogP contribution in [0.3, 0.4) is 0 Å². The summed E-state index contributed by atoms with van der Waals surface area (Å²) in [5.41, 5.74) is 1.47. The van der Waals surface area contributed by atoms with Gasteiger partial charge in [-0.15, -0.1) is 11.8 Å². The van der Waals surface area contributed by atoms with Gasteiger partial charge in [-0.1, -0.05) is 36.4 Å². The molecular weight excluding hydrogens is 492 g/mol. The van der Waals surface area contributed by atoms with Crippen molar-refractivity contribution in [3.05, 3.63) is 65.2 Å². The van der Waals surface area contributed by atoms with Crippen LogP contribution >= 0.6 is 11.8 Å². The zero-order valence-electron chi connectivity index (χ0n) is 21.7. The first kappa shape index (κ1) is 28.5. The Morgan fingerprint density at radius 3 is 2.49 bits per heavy atom. The summed E-state index contributed by atoms with van der Waals surface area (Å²) in [5.74, 6) is -1.21. The number of hydrogen-bond acceptors (Lipinski definition) is 7. The Bertz CT molecular complexity index is 1110. The summed E-state index contributed by atoms with van der Waals surface area (Å²) < 4.78 is -0.560. The smallest absolute Gasteiger partial charge is 0.254 e. The highest BCUT2D eigenvalue weighted by atomic mass is 32.2. The van der Waals surface area contributed by atoms with Crippen LogP contribution in [0.15, 0.2) is 48.5 Å². The van der Waals surface area contributed by atoms with E-state index in [0.29, 0.717) is 18.7 Å². The Morgan fingerprint density at radius 2 is 1.81 bits per heavy atom. The number of aliphatic hydroxyl groups is 1. The van der Waals surface area contributed by atoms with E-state index in [0.717, 1.165) is 5.56 Å². The molecule has 0 aromatic heterocycles. The molecule has 0 bridgehead atoms. The van der Waals surface area contributed by atoms with Crippen molar-refractivity contribution in [2.45, 2.75) is 50.1 Å². The Labute approximate surface area is 222 Å². The predicted octanol–water partition coefficient (Wildman–Crippen LogP) is 1.42. The van der Waals surface area contributed by atoms with Crippen molar-refractivity contribution in [3.8, 4) is 5.75 Å². The number of rotatable bonds is 10. The second-order valence-corrected chi connectivity index (χ2v) is 11.2. The van der Waals surface area contributed by atoms with Crippen LogP contribution in [0, 0.1) is 6.92 Å². The molecule has 9 nitrogen and oxygen atoms in total. The fourth-order valence-corrected chi connectivity index (χ4v) is 5.53. The topological polar surface area (TPSA) is 131 Å². The largest absolute Gasteiger partial charge is 0.508 e. The fraction of sp³-hybridized carbons (Fsp3) is 0.444. The minimum atomic E-state index is -1.59. The van der Waals surface area contributed by atoms with Crippen molar-refractivity contribution in [1.82, 2.24) is 20.9 Å². The number of amides is 3. The number of aliphatic hydroxyl groups excluding tert-OH is 1. The molecule has 1 aliphatic rings. The lowest BCUT2D eigenvalue weighted by atomic mass is 9.96. The van der Waals surface area contributed by atoms with Gasteiger partial charge in [-0.25, -0.2) is 0 Å². The van der Waals surface area contributed by atoms with Gasteiger partial charge in [-0.3, -0.25) is 14.4 Å². The van der Waals surface area contributed by atoms with Crippen LogP contribution < -0.4 is 16.0 Å². The van der Waals surface area contributed by atoms with Crippen LogP contribution in [0.25, 0.3) is 0 Å². The van der Waals surface area contributed by atoms with Gasteiger partial charge in [0.25, 0.3) is 11.8 Å². The average Bonchev–Trinajstić information content (AvgIpc) is 3.19. The van der Waals surface area contributed by atoms with E-state index < -0.39 is 34.7 Å². The van der Waals surface area contributed by atoms with Gasteiger partial charge < -0.3 is 31.1 Å². The third-order valence-electron chi connectivity index (χ3n) is 6.55. The van der Waals surface area contributed by atoms with Gasteiger partial charge in [0, 0.05) is 29.0 Å². The Kier molecular flexibility index (Phi) is 9.58. The maximum Gasteiger partial charge on any atom is 0.254 e. The number of carbonyl (C=O) groups is 3. The van der Waals surface area contributed by atoms with E-state index in [2.05, 4.69) is 16.0 Å². The van der Waals surface area contributed by atoms with Gasteiger partial charge in [0.2, 0.25) is 5.91 Å². The van der Waals surface area contributed by atoms with Crippen molar-refractivity contribution >= 4 is 29.5 Å². The first-order valence-corrected chi connectivity index (χ1v) is 13.2. The SMILES string of the molecule is CNCCNC(=O)C1N(C(=O)[C@@H](O)[C@H](Cc2ccccc2)NC(=O)c2cccc(O)c2C)CSC1(C)C. The number of hydrogen-bond donors (Lipinski definition) is 5. The fourth-order valence-electron chi connectivity index (χ4n) is 4.39. The summed E-state index contributed by atoms with van der Waals surface area (Å²) in [4.78, 5) is 41.2. The average molecular weight is 529 g/mol. The minimum absolute atomic E-state index is 0.0210. The molecule has 10 heteroatoms. The normalized spacial score (nSPS) is 18.2. The zero-order valence-corrected chi connectivity index (χ0v) is 22.5. The van der Waals surface area contributed by atoms with Crippen LogP contribution in [0.5, 0.6) is 5.75 Å². The molecule has 2 aromatic rings. The first-order chi connectivity index (χ1) is 17.6. The summed E-state index contributed by atoms with van der Waals surface area (Å²) >= 11 is 1.46. The lowest BCUT2D eigenvalue weighted by molar-refractivity contribution is -0.147. The monoisotopic (exact) mass is 528 g/mol. The zero-order chi connectivity index (χ0) is 27.2. The molecule has 1 aliphatic heterocycles. The molecule has 5 N–H and O–H groups in total. The molecule has 1 saturated heterocycles. The number of phenols is 1. The molecule has 3 atom stereocenters. The van der Waals surface area contributed by atoms with E-state index in [4.69, 9.17) is 0 Å². The van der Waals surface area contributed by atoms with Gasteiger partial charge in [-0.2, -0.15) is 0 Å². The number of nitrogens with one attached hydrogen (secondary N) is 3. The molecule has 3 amide bonds. The lowest BCUT2D eigenvalue weighted by Gasteiger charge is -2.33. The number of nitrogens with zero attached hydrogens (tertiary/aromatic N) is 1. The summed E-state index contributed by atoms with van der Waals surface area (Å²) in [6.45, 7) is 6.41. The van der Waals surface area contributed by atoms with E-state index in [-0.39, 0.29) is 29.5 Å². The molecule has 1 heterocycles. The van der Waals surface area contributed by atoms with Crippen molar-refractivity contribution in [3.63, 3.8) is 0 Å². The maximum absolute atomic E-state index is 13.6. The summed E-state index contributed by atoms with van der Waals surface area (Å²) in [6.07, 6.45) is -1.40. The molecular formula is C27H36N4O5S. The maximum atomic E-state index is 13.6. The van der Waals surface area contributed by atoms with Gasteiger partial charge in [0.15, 0.2) is 6.10 Å². The summed E-state index contributed by atoms with van der Waals surface area (Å²) in [5, 5.41) is 29.9. The van der Waals surface area contributed by atoms with Crippen LogP contribution in [-0.4, -0.2) is 81.8 Å². The number of thioether (sulfide) groups is 1. The molecule has 3 rings (SSSR count). The molecule has 0 spiro atoms. The quantitative estimate of drug-likeness (QED) is 0.295. The molecule has 1 unspecified atom stereocenters. The second kappa shape index (κ2) is 12.4. The van der Waals surface area contributed by atoms with E-state index in [1.54, 1.807) is 26.1 Å². The second-order valence-electron chi connectivity index (χ2n) is 9.65. The molecule has 0 radical (unpaired) electrons. The third-order valence-corrected chi connectivity index (χ3v) is 7.92. The van der Waals surface area contributed by atoms with Crippen molar-refractivity contribution < 1.29 is 24.6 Å². The Morgan fingerprint density at radius 1 is 1.11 bits per heavy atom. The van der Waals surface area contributed by atoms with Crippen molar-refractivity contribution in [1.29, 1.82) is 0 Å².